The van der Waals surface area contributed by atoms with E-state index in [0.717, 1.165) is 31.7 Å². The first kappa shape index (κ1) is 8.57. The van der Waals surface area contributed by atoms with Crippen LogP contribution >= 0.6 is 0 Å². The van der Waals surface area contributed by atoms with Gasteiger partial charge in [-0.15, -0.1) is 0 Å². The van der Waals surface area contributed by atoms with E-state index in [1.54, 1.807) is 0 Å². The van der Waals surface area contributed by atoms with Crippen LogP contribution in [0.5, 0.6) is 5.75 Å². The predicted octanol–water partition coefficient (Wildman–Crippen LogP) is 1.83. The average molecular weight is 176 g/mol. The molecule has 2 rings (SSSR count). The Hall–Kier alpha value is -1.02. The zero-order valence-electron chi connectivity index (χ0n) is 7.65. The van der Waals surface area contributed by atoms with Crippen LogP contribution in [0.1, 0.15) is 12.8 Å². The van der Waals surface area contributed by atoms with E-state index in [1.807, 2.05) is 30.3 Å². The molecule has 1 aliphatic heterocycles. The van der Waals surface area contributed by atoms with Gasteiger partial charge in [-0.25, -0.2) is 5.32 Å². The second kappa shape index (κ2) is 4.28. The summed E-state index contributed by atoms with van der Waals surface area (Å²) >= 11 is 0. The average Bonchev–Trinajstić information content (AvgIpc) is 2.21. The molecule has 1 heterocycles. The number of nitrogens with zero attached hydrogens (tertiary/aromatic N) is 1. The zero-order chi connectivity index (χ0) is 8.93. The van der Waals surface area contributed by atoms with Crippen LogP contribution in [0.15, 0.2) is 30.3 Å². The second-order valence-corrected chi connectivity index (χ2v) is 3.30. The van der Waals surface area contributed by atoms with E-state index in [0.29, 0.717) is 6.10 Å². The Labute approximate surface area is 78.9 Å². The summed E-state index contributed by atoms with van der Waals surface area (Å²) in [5.41, 5.74) is 0. The van der Waals surface area contributed by atoms with Gasteiger partial charge in [-0.2, -0.15) is 0 Å². The quantitative estimate of drug-likeness (QED) is 0.674. The molecule has 0 aromatic heterocycles. The fourth-order valence-corrected chi connectivity index (χ4v) is 1.54. The molecule has 1 saturated heterocycles. The van der Waals surface area contributed by atoms with Gasteiger partial charge in [0.25, 0.3) is 0 Å². The Bertz CT molecular complexity index is 242. The highest BCUT2D eigenvalue weighted by Crippen LogP contribution is 2.15. The standard InChI is InChI=1S/C11H14NO/c1-2-4-10(5-3-1)13-11-6-8-12-9-7-11/h1-5,11H,6-9H2. The van der Waals surface area contributed by atoms with Crippen LogP contribution in [0.3, 0.4) is 0 Å². The Morgan fingerprint density at radius 1 is 1.08 bits per heavy atom. The lowest BCUT2D eigenvalue weighted by atomic mass is 10.1. The van der Waals surface area contributed by atoms with Gasteiger partial charge in [0.05, 0.1) is 0 Å². The molecular weight excluding hydrogens is 162 g/mol. The molecule has 2 nitrogen and oxygen atoms in total. The minimum absolute atomic E-state index is 0.375. The number of ether oxygens (including phenoxy) is 1. The van der Waals surface area contributed by atoms with Crippen molar-refractivity contribution in [2.24, 2.45) is 0 Å². The molecule has 1 aliphatic rings. The molecule has 0 bridgehead atoms. The summed E-state index contributed by atoms with van der Waals surface area (Å²) < 4.78 is 5.80. The van der Waals surface area contributed by atoms with E-state index in [1.165, 1.54) is 0 Å². The van der Waals surface area contributed by atoms with Crippen molar-refractivity contribution in [3.63, 3.8) is 0 Å². The SMILES string of the molecule is c1ccc(OC2CC[N]CC2)cc1. The summed E-state index contributed by atoms with van der Waals surface area (Å²) in [4.78, 5) is 0. The maximum absolute atomic E-state index is 5.80. The summed E-state index contributed by atoms with van der Waals surface area (Å²) in [6.07, 6.45) is 2.50. The van der Waals surface area contributed by atoms with Crippen molar-refractivity contribution in [1.29, 1.82) is 0 Å². The minimum atomic E-state index is 0.375. The van der Waals surface area contributed by atoms with E-state index in [4.69, 9.17) is 4.74 Å². The van der Waals surface area contributed by atoms with E-state index in [9.17, 15) is 0 Å². The van der Waals surface area contributed by atoms with Gasteiger partial charge in [0.2, 0.25) is 0 Å². The van der Waals surface area contributed by atoms with Crippen molar-refractivity contribution in [2.45, 2.75) is 18.9 Å². The molecular formula is C11H14NO. The highest BCUT2D eigenvalue weighted by atomic mass is 16.5. The molecule has 1 aromatic rings. The molecule has 69 valence electrons. The first-order valence-electron chi connectivity index (χ1n) is 4.80. The summed E-state index contributed by atoms with van der Waals surface area (Å²) in [5, 5.41) is 4.29. The largest absolute Gasteiger partial charge is 0.490 e. The molecule has 0 unspecified atom stereocenters. The molecule has 0 N–H and O–H groups in total. The topological polar surface area (TPSA) is 23.3 Å². The molecule has 1 fully saturated rings. The maximum Gasteiger partial charge on any atom is 0.119 e. The maximum atomic E-state index is 5.80. The highest BCUT2D eigenvalue weighted by Gasteiger charge is 2.14. The third-order valence-electron chi connectivity index (χ3n) is 2.26. The van der Waals surface area contributed by atoms with Gasteiger partial charge in [0.1, 0.15) is 11.9 Å². The number of hydrogen-bond donors (Lipinski definition) is 0. The minimum Gasteiger partial charge on any atom is -0.490 e. The molecule has 0 amide bonds. The Morgan fingerprint density at radius 3 is 2.46 bits per heavy atom. The summed E-state index contributed by atoms with van der Waals surface area (Å²) in [6.45, 7) is 1.91. The van der Waals surface area contributed by atoms with E-state index in [-0.39, 0.29) is 0 Å². The van der Waals surface area contributed by atoms with Crippen molar-refractivity contribution in [2.75, 3.05) is 13.1 Å². The smallest absolute Gasteiger partial charge is 0.119 e. The van der Waals surface area contributed by atoms with Gasteiger partial charge in [-0.1, -0.05) is 18.2 Å². The van der Waals surface area contributed by atoms with Crippen LogP contribution in [0, 0.1) is 0 Å². The van der Waals surface area contributed by atoms with Crippen LogP contribution in [-0.4, -0.2) is 19.2 Å². The van der Waals surface area contributed by atoms with Crippen molar-refractivity contribution in [3.8, 4) is 5.75 Å². The fraction of sp³-hybridized carbons (Fsp3) is 0.455. The van der Waals surface area contributed by atoms with Crippen molar-refractivity contribution < 1.29 is 4.74 Å². The Balaban J connectivity index is 1.90. The van der Waals surface area contributed by atoms with Gasteiger partial charge in [0, 0.05) is 13.1 Å². The van der Waals surface area contributed by atoms with Gasteiger partial charge in [-0.05, 0) is 25.0 Å². The van der Waals surface area contributed by atoms with Crippen LogP contribution in [0.4, 0.5) is 0 Å². The highest BCUT2D eigenvalue weighted by molar-refractivity contribution is 5.21. The van der Waals surface area contributed by atoms with Crippen molar-refractivity contribution >= 4 is 0 Å². The third kappa shape index (κ3) is 2.46. The van der Waals surface area contributed by atoms with Gasteiger partial charge in [-0.3, -0.25) is 0 Å². The van der Waals surface area contributed by atoms with Gasteiger partial charge in [0.15, 0.2) is 0 Å². The molecule has 13 heavy (non-hydrogen) atoms. The number of piperidine rings is 1. The van der Waals surface area contributed by atoms with Crippen LogP contribution in [-0.2, 0) is 0 Å². The zero-order valence-corrected chi connectivity index (χ0v) is 7.65. The summed E-state index contributed by atoms with van der Waals surface area (Å²) in [7, 11) is 0. The van der Waals surface area contributed by atoms with Gasteiger partial charge < -0.3 is 4.74 Å². The first-order chi connectivity index (χ1) is 6.45. The molecule has 0 saturated carbocycles. The lowest BCUT2D eigenvalue weighted by molar-refractivity contribution is 0.161. The first-order valence-corrected chi connectivity index (χ1v) is 4.80. The molecule has 0 aliphatic carbocycles. The van der Waals surface area contributed by atoms with Crippen LogP contribution in [0.2, 0.25) is 0 Å². The second-order valence-electron chi connectivity index (χ2n) is 3.30. The monoisotopic (exact) mass is 176 g/mol. The van der Waals surface area contributed by atoms with Crippen LogP contribution in [0.25, 0.3) is 0 Å². The van der Waals surface area contributed by atoms with Crippen molar-refractivity contribution in [3.05, 3.63) is 30.3 Å². The number of para-hydroxylation sites is 1. The normalized spacial score (nSPS) is 18.5. The predicted molar refractivity (Wildman–Crippen MR) is 52.0 cm³/mol. The molecule has 0 spiro atoms. The van der Waals surface area contributed by atoms with Crippen molar-refractivity contribution in [1.82, 2.24) is 5.32 Å². The molecule has 0 atom stereocenters. The van der Waals surface area contributed by atoms with E-state index >= 15 is 0 Å². The lowest BCUT2D eigenvalue weighted by Crippen LogP contribution is -2.30. The van der Waals surface area contributed by atoms with Crippen LogP contribution < -0.4 is 10.1 Å². The number of benzene rings is 1. The number of hydrogen-bond acceptors (Lipinski definition) is 1. The third-order valence-corrected chi connectivity index (χ3v) is 2.26. The van der Waals surface area contributed by atoms with E-state index in [2.05, 4.69) is 5.32 Å². The molecule has 2 heteroatoms. The Kier molecular flexibility index (Phi) is 2.82. The summed E-state index contributed by atoms with van der Waals surface area (Å²) in [6, 6.07) is 10.0. The summed E-state index contributed by atoms with van der Waals surface area (Å²) in [5.74, 6) is 0.981. The number of rotatable bonds is 2. The molecule has 1 radical (unpaired) electrons. The fourth-order valence-electron chi connectivity index (χ4n) is 1.54. The molecule has 1 aromatic carbocycles. The Morgan fingerprint density at radius 2 is 1.77 bits per heavy atom. The van der Waals surface area contributed by atoms with E-state index < -0.39 is 0 Å². The van der Waals surface area contributed by atoms with Gasteiger partial charge >= 0.3 is 0 Å². The lowest BCUT2D eigenvalue weighted by Gasteiger charge is -2.22.